The fourth-order valence-corrected chi connectivity index (χ4v) is 4.22. The summed E-state index contributed by atoms with van der Waals surface area (Å²) in [6.07, 6.45) is 1.95. The molecule has 132 valence electrons. The van der Waals surface area contributed by atoms with E-state index < -0.39 is 17.7 Å². The highest BCUT2D eigenvalue weighted by molar-refractivity contribution is 9.10. The summed E-state index contributed by atoms with van der Waals surface area (Å²) in [6, 6.07) is 4.56. The van der Waals surface area contributed by atoms with E-state index in [1.807, 2.05) is 0 Å². The van der Waals surface area contributed by atoms with Crippen molar-refractivity contribution in [3.8, 4) is 0 Å². The van der Waals surface area contributed by atoms with Crippen molar-refractivity contribution in [2.45, 2.75) is 25.2 Å². The number of dihydropyridines is 1. The van der Waals surface area contributed by atoms with Crippen LogP contribution in [-0.4, -0.2) is 24.2 Å². The van der Waals surface area contributed by atoms with E-state index >= 15 is 0 Å². The van der Waals surface area contributed by atoms with Crippen LogP contribution in [0.5, 0.6) is 0 Å². The molecule has 1 unspecified atom stereocenters. The number of ketones is 1. The van der Waals surface area contributed by atoms with Crippen LogP contribution in [0.4, 0.5) is 4.39 Å². The van der Waals surface area contributed by atoms with Gasteiger partial charge in [-0.15, -0.1) is 0 Å². The predicted molar refractivity (Wildman–Crippen MR) is 98.7 cm³/mol. The summed E-state index contributed by atoms with van der Waals surface area (Å²) in [4.78, 5) is 25.1. The Balaban J connectivity index is 2.24. The van der Waals surface area contributed by atoms with E-state index in [4.69, 9.17) is 4.74 Å². The first-order chi connectivity index (χ1) is 12.0. The lowest BCUT2D eigenvalue weighted by Gasteiger charge is -2.34. The summed E-state index contributed by atoms with van der Waals surface area (Å²) < 4.78 is 18.9. The Morgan fingerprint density at radius 1 is 1.40 bits per heavy atom. The van der Waals surface area contributed by atoms with Gasteiger partial charge in [0.25, 0.3) is 0 Å². The molecule has 2 aliphatic rings. The number of hydrogen-bond donors (Lipinski definition) is 1. The fraction of sp³-hybridized carbons (Fsp3) is 0.333. The molecular weight excluding hydrogens is 457 g/mol. The van der Waals surface area contributed by atoms with Gasteiger partial charge in [-0.05, 0) is 46.5 Å². The molecule has 3 rings (SSSR count). The standard InChI is InChI=1S/C18H16Br2FNO3/c1-25-18(24)17-13(8-19)22-12-3-2-4-14(23)16(12)15(17)9-5-6-11(21)10(20)7-9/h5-7,15,22H,2-4,8H2,1H3. The molecule has 0 bridgehead atoms. The number of halogens is 3. The second-order valence-electron chi connectivity index (χ2n) is 5.92. The predicted octanol–water partition coefficient (Wildman–Crippen LogP) is 4.10. The Kier molecular flexibility index (Phi) is 5.43. The monoisotopic (exact) mass is 471 g/mol. The second kappa shape index (κ2) is 7.41. The van der Waals surface area contributed by atoms with Gasteiger partial charge in [0.15, 0.2) is 5.78 Å². The van der Waals surface area contributed by atoms with Gasteiger partial charge in [0.2, 0.25) is 0 Å². The molecule has 0 saturated heterocycles. The van der Waals surface area contributed by atoms with E-state index in [0.29, 0.717) is 38.6 Å². The lowest BCUT2D eigenvalue weighted by atomic mass is 9.75. The van der Waals surface area contributed by atoms with Crippen LogP contribution in [-0.2, 0) is 14.3 Å². The minimum atomic E-state index is -0.569. The van der Waals surface area contributed by atoms with Crippen molar-refractivity contribution in [2.24, 2.45) is 0 Å². The first kappa shape index (κ1) is 18.3. The highest BCUT2D eigenvalue weighted by Gasteiger charge is 2.39. The molecular formula is C18H16Br2FNO3. The van der Waals surface area contributed by atoms with Crippen LogP contribution in [0.2, 0.25) is 0 Å². The van der Waals surface area contributed by atoms with Crippen molar-refractivity contribution in [2.75, 3.05) is 12.4 Å². The molecule has 0 fully saturated rings. The number of carbonyl (C=O) groups excluding carboxylic acids is 2. The number of hydrogen-bond acceptors (Lipinski definition) is 4. The molecule has 1 atom stereocenters. The van der Waals surface area contributed by atoms with Crippen molar-refractivity contribution in [3.63, 3.8) is 0 Å². The van der Waals surface area contributed by atoms with Crippen molar-refractivity contribution in [1.29, 1.82) is 0 Å². The molecule has 0 aromatic heterocycles. The van der Waals surface area contributed by atoms with Gasteiger partial charge in [-0.3, -0.25) is 4.79 Å². The minimum Gasteiger partial charge on any atom is -0.466 e. The minimum absolute atomic E-state index is 0.00854. The van der Waals surface area contributed by atoms with Gasteiger partial charge in [0, 0.05) is 34.6 Å². The van der Waals surface area contributed by atoms with Crippen LogP contribution < -0.4 is 5.32 Å². The third-order valence-electron chi connectivity index (χ3n) is 4.48. The van der Waals surface area contributed by atoms with Gasteiger partial charge in [0.05, 0.1) is 17.2 Å². The van der Waals surface area contributed by atoms with Gasteiger partial charge in [-0.2, -0.15) is 0 Å². The third kappa shape index (κ3) is 3.31. The zero-order chi connectivity index (χ0) is 18.1. The highest BCUT2D eigenvalue weighted by atomic mass is 79.9. The maximum Gasteiger partial charge on any atom is 0.336 e. The number of benzene rings is 1. The smallest absolute Gasteiger partial charge is 0.336 e. The molecule has 1 aromatic rings. The van der Waals surface area contributed by atoms with E-state index in [9.17, 15) is 14.0 Å². The van der Waals surface area contributed by atoms with Gasteiger partial charge < -0.3 is 10.1 Å². The molecule has 0 amide bonds. The highest BCUT2D eigenvalue weighted by Crippen LogP contribution is 2.43. The van der Waals surface area contributed by atoms with Crippen LogP contribution in [0.25, 0.3) is 0 Å². The van der Waals surface area contributed by atoms with Crippen LogP contribution in [0.15, 0.2) is 45.2 Å². The lowest BCUT2D eigenvalue weighted by molar-refractivity contribution is -0.136. The lowest BCUT2D eigenvalue weighted by Crippen LogP contribution is -2.35. The molecule has 1 aliphatic heterocycles. The van der Waals surface area contributed by atoms with Crippen LogP contribution >= 0.6 is 31.9 Å². The van der Waals surface area contributed by atoms with Gasteiger partial charge in [-0.1, -0.05) is 22.0 Å². The molecule has 1 aliphatic carbocycles. The normalized spacial score (nSPS) is 20.3. The zero-order valence-corrected chi connectivity index (χ0v) is 16.7. The van der Waals surface area contributed by atoms with Gasteiger partial charge in [0.1, 0.15) is 5.82 Å². The fourth-order valence-electron chi connectivity index (χ4n) is 3.38. The topological polar surface area (TPSA) is 55.4 Å². The number of alkyl halides is 1. The molecule has 1 aromatic carbocycles. The number of methoxy groups -OCH3 is 1. The van der Waals surface area contributed by atoms with Crippen molar-refractivity contribution in [1.82, 2.24) is 5.32 Å². The summed E-state index contributed by atoms with van der Waals surface area (Å²) in [5.41, 5.74) is 3.15. The molecule has 4 nitrogen and oxygen atoms in total. The van der Waals surface area contributed by atoms with E-state index in [2.05, 4.69) is 37.2 Å². The molecule has 7 heteroatoms. The van der Waals surface area contributed by atoms with Crippen molar-refractivity contribution in [3.05, 3.63) is 56.6 Å². The quantitative estimate of drug-likeness (QED) is 0.531. The first-order valence-corrected chi connectivity index (χ1v) is 9.75. The average molecular weight is 473 g/mol. The summed E-state index contributed by atoms with van der Waals surface area (Å²) in [5.74, 6) is -1.46. The number of carbonyl (C=O) groups is 2. The largest absolute Gasteiger partial charge is 0.466 e. The van der Waals surface area contributed by atoms with Crippen LogP contribution in [0.3, 0.4) is 0 Å². The summed E-state index contributed by atoms with van der Waals surface area (Å²) in [5, 5.41) is 3.65. The number of esters is 1. The maximum absolute atomic E-state index is 13.7. The molecule has 1 heterocycles. The Hall–Kier alpha value is -1.47. The van der Waals surface area contributed by atoms with Gasteiger partial charge in [-0.25, -0.2) is 9.18 Å². The number of nitrogens with one attached hydrogen (secondary N) is 1. The molecule has 25 heavy (non-hydrogen) atoms. The van der Waals surface area contributed by atoms with Gasteiger partial charge >= 0.3 is 5.97 Å². The SMILES string of the molecule is COC(=O)C1=C(CBr)NC2=C(C(=O)CCC2)C1c1ccc(F)c(Br)c1. The Morgan fingerprint density at radius 3 is 2.80 bits per heavy atom. The molecule has 0 radical (unpaired) electrons. The Labute approximate surface area is 161 Å². The molecule has 0 saturated carbocycles. The van der Waals surface area contributed by atoms with E-state index in [0.717, 1.165) is 18.5 Å². The number of rotatable bonds is 3. The Bertz CT molecular complexity index is 817. The summed E-state index contributed by atoms with van der Waals surface area (Å²) >= 11 is 6.59. The molecule has 1 N–H and O–H groups in total. The zero-order valence-electron chi connectivity index (χ0n) is 13.5. The number of ether oxygens (including phenoxy) is 1. The summed E-state index contributed by atoms with van der Waals surface area (Å²) in [6.45, 7) is 0. The van der Waals surface area contributed by atoms with Crippen LogP contribution in [0.1, 0.15) is 30.7 Å². The number of allylic oxidation sites excluding steroid dienone is 3. The van der Waals surface area contributed by atoms with E-state index in [1.54, 1.807) is 12.1 Å². The van der Waals surface area contributed by atoms with Crippen LogP contribution in [0, 0.1) is 5.82 Å². The Morgan fingerprint density at radius 2 is 2.16 bits per heavy atom. The number of Topliss-reactive ketones (excluding diaryl/α,β-unsaturated/α-hetero) is 1. The third-order valence-corrected chi connectivity index (χ3v) is 5.64. The van der Waals surface area contributed by atoms with Crippen molar-refractivity contribution >= 4 is 43.6 Å². The summed E-state index contributed by atoms with van der Waals surface area (Å²) in [7, 11) is 1.31. The first-order valence-electron chi connectivity index (χ1n) is 7.83. The molecule has 0 spiro atoms. The van der Waals surface area contributed by atoms with E-state index in [1.165, 1.54) is 13.2 Å². The maximum atomic E-state index is 13.7. The van der Waals surface area contributed by atoms with E-state index in [-0.39, 0.29) is 5.78 Å². The van der Waals surface area contributed by atoms with Crippen molar-refractivity contribution < 1.29 is 18.7 Å². The second-order valence-corrected chi connectivity index (χ2v) is 7.33. The average Bonchev–Trinajstić information content (AvgIpc) is 2.62.